The van der Waals surface area contributed by atoms with E-state index in [1.807, 2.05) is 52.5 Å². The topological polar surface area (TPSA) is 61.1 Å². The normalized spacial score (nSPS) is 18.7. The predicted molar refractivity (Wildman–Crippen MR) is 129 cm³/mol. The van der Waals surface area contributed by atoms with Crippen molar-refractivity contribution in [3.63, 3.8) is 0 Å². The van der Waals surface area contributed by atoms with Gasteiger partial charge in [0.15, 0.2) is 0 Å². The zero-order chi connectivity index (χ0) is 22.7. The van der Waals surface area contributed by atoms with Gasteiger partial charge in [0, 0.05) is 43.2 Å². The molecule has 2 aromatic heterocycles. The molecular formula is C26H34N4O2. The van der Waals surface area contributed by atoms with Crippen LogP contribution in [0, 0.1) is 0 Å². The molecule has 0 spiro atoms. The van der Waals surface area contributed by atoms with E-state index < -0.39 is 0 Å². The first-order valence-corrected chi connectivity index (χ1v) is 11.7. The lowest BCUT2D eigenvalue weighted by Crippen LogP contribution is -2.30. The van der Waals surface area contributed by atoms with E-state index in [0.717, 1.165) is 42.6 Å². The Labute approximate surface area is 190 Å². The monoisotopic (exact) mass is 434 g/mol. The van der Waals surface area contributed by atoms with Gasteiger partial charge in [0.05, 0.1) is 12.3 Å². The third kappa shape index (κ3) is 5.06. The molecule has 1 aromatic carbocycles. The SMILES string of the molecule is CCn1cc(-c2cnn(C)c2)cc(N[C@H]2CC[C@@H](c3ccc(OC(C)C)cc3)CC2)c1=O. The third-order valence-corrected chi connectivity index (χ3v) is 6.28. The summed E-state index contributed by atoms with van der Waals surface area (Å²) >= 11 is 0. The summed E-state index contributed by atoms with van der Waals surface area (Å²) in [5, 5.41) is 7.84. The Balaban J connectivity index is 1.43. The molecule has 1 N–H and O–H groups in total. The second-order valence-corrected chi connectivity index (χ2v) is 9.06. The first-order chi connectivity index (χ1) is 15.4. The second-order valence-electron chi connectivity index (χ2n) is 9.06. The van der Waals surface area contributed by atoms with Gasteiger partial charge in [0.25, 0.3) is 5.56 Å². The third-order valence-electron chi connectivity index (χ3n) is 6.28. The van der Waals surface area contributed by atoms with Crippen LogP contribution in [0.4, 0.5) is 5.69 Å². The van der Waals surface area contributed by atoms with Gasteiger partial charge in [-0.3, -0.25) is 9.48 Å². The van der Waals surface area contributed by atoms with Crippen LogP contribution in [0.15, 0.2) is 53.7 Å². The molecule has 0 radical (unpaired) electrons. The van der Waals surface area contributed by atoms with Crippen molar-refractivity contribution in [2.75, 3.05) is 5.32 Å². The fraction of sp³-hybridized carbons (Fsp3) is 0.462. The molecule has 6 heteroatoms. The fourth-order valence-corrected chi connectivity index (χ4v) is 4.58. The number of benzene rings is 1. The first kappa shape index (κ1) is 22.2. The summed E-state index contributed by atoms with van der Waals surface area (Å²) in [5.41, 5.74) is 4.15. The second kappa shape index (κ2) is 9.63. The summed E-state index contributed by atoms with van der Waals surface area (Å²) in [6, 6.07) is 10.9. The van der Waals surface area contributed by atoms with E-state index in [1.54, 1.807) is 9.25 Å². The summed E-state index contributed by atoms with van der Waals surface area (Å²) in [6.07, 6.45) is 10.3. The Morgan fingerprint density at radius 1 is 1.09 bits per heavy atom. The van der Waals surface area contributed by atoms with Crippen LogP contribution in [0.3, 0.4) is 0 Å². The van der Waals surface area contributed by atoms with Crippen LogP contribution >= 0.6 is 0 Å². The molecule has 0 amide bonds. The number of hydrogen-bond donors (Lipinski definition) is 1. The lowest BCUT2D eigenvalue weighted by molar-refractivity contribution is 0.242. The minimum absolute atomic E-state index is 0.0444. The average molecular weight is 435 g/mol. The van der Waals surface area contributed by atoms with Gasteiger partial charge >= 0.3 is 0 Å². The highest BCUT2D eigenvalue weighted by molar-refractivity contribution is 5.65. The standard InChI is InChI=1S/C26H34N4O2/c1-5-30-17-21(22-15-27-29(4)16-22)14-25(26(30)31)28-23-10-6-19(7-11-23)20-8-12-24(13-9-20)32-18(2)3/h8-9,12-19,23,28H,5-7,10-11H2,1-4H3/t19-,23+. The number of aryl methyl sites for hydroxylation is 2. The molecule has 0 atom stereocenters. The van der Waals surface area contributed by atoms with Crippen LogP contribution in [0.1, 0.15) is 57.9 Å². The number of rotatable bonds is 7. The van der Waals surface area contributed by atoms with E-state index in [4.69, 9.17) is 4.74 Å². The first-order valence-electron chi connectivity index (χ1n) is 11.7. The molecule has 1 fully saturated rings. The molecule has 0 bridgehead atoms. The minimum atomic E-state index is 0.0444. The minimum Gasteiger partial charge on any atom is -0.491 e. The molecule has 0 unspecified atom stereocenters. The maximum absolute atomic E-state index is 12.9. The number of hydrogen-bond acceptors (Lipinski definition) is 4. The van der Waals surface area contributed by atoms with Crippen LogP contribution in [-0.4, -0.2) is 26.5 Å². The number of aromatic nitrogens is 3. The number of anilines is 1. The smallest absolute Gasteiger partial charge is 0.273 e. The highest BCUT2D eigenvalue weighted by Crippen LogP contribution is 2.35. The summed E-state index contributed by atoms with van der Waals surface area (Å²) in [5.74, 6) is 1.50. The fourth-order valence-electron chi connectivity index (χ4n) is 4.58. The molecule has 32 heavy (non-hydrogen) atoms. The van der Waals surface area contributed by atoms with Gasteiger partial charge in [-0.1, -0.05) is 12.1 Å². The van der Waals surface area contributed by atoms with Crippen LogP contribution in [0.25, 0.3) is 11.1 Å². The van der Waals surface area contributed by atoms with Crippen LogP contribution in [0.2, 0.25) is 0 Å². The van der Waals surface area contributed by atoms with E-state index >= 15 is 0 Å². The van der Waals surface area contributed by atoms with Gasteiger partial charge in [0.2, 0.25) is 0 Å². The molecule has 3 aromatic rings. The Kier molecular flexibility index (Phi) is 6.68. The van der Waals surface area contributed by atoms with Crippen LogP contribution < -0.4 is 15.6 Å². The summed E-state index contributed by atoms with van der Waals surface area (Å²) in [4.78, 5) is 12.9. The van der Waals surface area contributed by atoms with Crippen molar-refractivity contribution in [1.82, 2.24) is 14.3 Å². The van der Waals surface area contributed by atoms with E-state index in [9.17, 15) is 4.79 Å². The molecule has 0 saturated heterocycles. The molecule has 170 valence electrons. The molecule has 1 aliphatic carbocycles. The Bertz CT molecular complexity index is 1090. The Hall–Kier alpha value is -3.02. The largest absolute Gasteiger partial charge is 0.491 e. The zero-order valence-corrected chi connectivity index (χ0v) is 19.5. The number of ether oxygens (including phenoxy) is 1. The van der Waals surface area contributed by atoms with Crippen molar-refractivity contribution in [3.05, 3.63) is 64.8 Å². The maximum atomic E-state index is 12.9. The van der Waals surface area contributed by atoms with E-state index in [2.05, 4.69) is 34.7 Å². The number of nitrogens with one attached hydrogen (secondary N) is 1. The number of pyridine rings is 1. The summed E-state index contributed by atoms with van der Waals surface area (Å²) < 4.78 is 9.33. The van der Waals surface area contributed by atoms with Crippen molar-refractivity contribution in [1.29, 1.82) is 0 Å². The molecule has 1 aliphatic rings. The van der Waals surface area contributed by atoms with Gasteiger partial charge < -0.3 is 14.6 Å². The van der Waals surface area contributed by atoms with E-state index in [1.165, 1.54) is 5.56 Å². The van der Waals surface area contributed by atoms with Crippen LogP contribution in [-0.2, 0) is 13.6 Å². The van der Waals surface area contributed by atoms with E-state index in [-0.39, 0.29) is 11.7 Å². The zero-order valence-electron chi connectivity index (χ0n) is 19.5. The van der Waals surface area contributed by atoms with Gasteiger partial charge in [-0.05, 0) is 76.1 Å². The highest BCUT2D eigenvalue weighted by Gasteiger charge is 2.23. The summed E-state index contributed by atoms with van der Waals surface area (Å²) in [6.45, 7) is 6.74. The van der Waals surface area contributed by atoms with Crippen molar-refractivity contribution in [2.45, 2.75) is 71.1 Å². The van der Waals surface area contributed by atoms with Gasteiger partial charge in [-0.15, -0.1) is 0 Å². The van der Waals surface area contributed by atoms with Crippen molar-refractivity contribution < 1.29 is 4.74 Å². The molecular weight excluding hydrogens is 400 g/mol. The van der Waals surface area contributed by atoms with Crippen molar-refractivity contribution >= 4 is 5.69 Å². The Morgan fingerprint density at radius 3 is 2.41 bits per heavy atom. The van der Waals surface area contributed by atoms with Crippen molar-refractivity contribution in [3.8, 4) is 16.9 Å². The van der Waals surface area contributed by atoms with E-state index in [0.29, 0.717) is 24.2 Å². The molecule has 0 aliphatic heterocycles. The lowest BCUT2D eigenvalue weighted by Gasteiger charge is -2.30. The predicted octanol–water partition coefficient (Wildman–Crippen LogP) is 5.19. The van der Waals surface area contributed by atoms with Gasteiger partial charge in [-0.2, -0.15) is 5.10 Å². The quantitative estimate of drug-likeness (QED) is 0.556. The molecule has 4 rings (SSSR count). The molecule has 1 saturated carbocycles. The number of nitrogens with zero attached hydrogens (tertiary/aromatic N) is 3. The highest BCUT2D eigenvalue weighted by atomic mass is 16.5. The maximum Gasteiger partial charge on any atom is 0.273 e. The summed E-state index contributed by atoms with van der Waals surface area (Å²) in [7, 11) is 1.90. The van der Waals surface area contributed by atoms with Gasteiger partial charge in [-0.25, -0.2) is 0 Å². The molecule has 2 heterocycles. The average Bonchev–Trinajstić information content (AvgIpc) is 3.22. The Morgan fingerprint density at radius 2 is 1.81 bits per heavy atom. The molecule has 6 nitrogen and oxygen atoms in total. The van der Waals surface area contributed by atoms with Gasteiger partial charge in [0.1, 0.15) is 11.4 Å². The van der Waals surface area contributed by atoms with Crippen LogP contribution in [0.5, 0.6) is 5.75 Å². The lowest BCUT2D eigenvalue weighted by atomic mass is 9.81. The van der Waals surface area contributed by atoms with Crippen molar-refractivity contribution in [2.24, 2.45) is 7.05 Å².